The number of rotatable bonds is 5. The molecule has 0 spiro atoms. The molecule has 26 heavy (non-hydrogen) atoms. The van der Waals surface area contributed by atoms with E-state index in [0.717, 1.165) is 5.56 Å². The summed E-state index contributed by atoms with van der Waals surface area (Å²) in [6.45, 7) is 1.23. The fourth-order valence-electron chi connectivity index (χ4n) is 3.35. The van der Waals surface area contributed by atoms with Gasteiger partial charge in [0.05, 0.1) is 18.8 Å². The van der Waals surface area contributed by atoms with Gasteiger partial charge in [-0.2, -0.15) is 5.10 Å². The van der Waals surface area contributed by atoms with Crippen molar-refractivity contribution in [3.63, 3.8) is 0 Å². The first-order chi connectivity index (χ1) is 12.5. The lowest BCUT2D eigenvalue weighted by Crippen LogP contribution is -2.31. The van der Waals surface area contributed by atoms with E-state index in [2.05, 4.69) is 22.2 Å². The van der Waals surface area contributed by atoms with Crippen molar-refractivity contribution in [1.29, 1.82) is 0 Å². The van der Waals surface area contributed by atoms with Crippen molar-refractivity contribution in [1.82, 2.24) is 19.6 Å². The van der Waals surface area contributed by atoms with Gasteiger partial charge in [-0.15, -0.1) is 0 Å². The molecular weight excluding hydrogens is 328 g/mol. The highest BCUT2D eigenvalue weighted by molar-refractivity contribution is 5.80. The van der Waals surface area contributed by atoms with Gasteiger partial charge in [-0.3, -0.25) is 14.5 Å². The SMILES string of the molecule is CN(C)C(N)=NC[C@@H]1CC(=O)N(C)[C@H]1c1cnn(Cc2ccccc2)c1. The first kappa shape index (κ1) is 18.0. The first-order valence-electron chi connectivity index (χ1n) is 8.75. The van der Waals surface area contributed by atoms with Crippen LogP contribution in [0.25, 0.3) is 0 Å². The molecule has 2 heterocycles. The normalized spacial score (nSPS) is 20.7. The summed E-state index contributed by atoms with van der Waals surface area (Å²) in [4.78, 5) is 20.3. The van der Waals surface area contributed by atoms with Gasteiger partial charge in [-0.05, 0) is 5.56 Å². The Hall–Kier alpha value is -2.83. The summed E-state index contributed by atoms with van der Waals surface area (Å²) < 4.78 is 1.91. The van der Waals surface area contributed by atoms with Crippen molar-refractivity contribution < 1.29 is 4.79 Å². The quantitative estimate of drug-likeness (QED) is 0.649. The Morgan fingerprint density at radius 3 is 2.77 bits per heavy atom. The van der Waals surface area contributed by atoms with E-state index in [-0.39, 0.29) is 17.9 Å². The highest BCUT2D eigenvalue weighted by Gasteiger charge is 2.39. The molecule has 1 saturated heterocycles. The summed E-state index contributed by atoms with van der Waals surface area (Å²) >= 11 is 0. The molecule has 2 atom stereocenters. The number of hydrogen-bond donors (Lipinski definition) is 1. The third-order valence-corrected chi connectivity index (χ3v) is 4.82. The van der Waals surface area contributed by atoms with Gasteiger partial charge in [0.15, 0.2) is 5.96 Å². The van der Waals surface area contributed by atoms with Crippen LogP contribution in [0.2, 0.25) is 0 Å². The summed E-state index contributed by atoms with van der Waals surface area (Å²) in [5, 5.41) is 4.48. The van der Waals surface area contributed by atoms with E-state index in [1.54, 1.807) is 9.80 Å². The zero-order chi connectivity index (χ0) is 18.7. The standard InChI is InChI=1S/C19H26N6O/c1-23(2)19(20)21-10-15-9-17(26)24(3)18(15)16-11-22-25(13-16)12-14-7-5-4-6-8-14/h4-8,11,13,15,18H,9-10,12H2,1-3H3,(H2,20,21)/t15-,18+/m0/s1. The van der Waals surface area contributed by atoms with Crippen molar-refractivity contribution >= 4 is 11.9 Å². The molecule has 3 rings (SSSR count). The number of nitrogens with two attached hydrogens (primary N) is 1. The summed E-state index contributed by atoms with van der Waals surface area (Å²) in [5.74, 6) is 0.709. The van der Waals surface area contributed by atoms with Crippen LogP contribution in [0, 0.1) is 5.92 Å². The summed E-state index contributed by atoms with van der Waals surface area (Å²) in [5.41, 5.74) is 8.13. The minimum Gasteiger partial charge on any atom is -0.370 e. The lowest BCUT2D eigenvalue weighted by Gasteiger charge is -2.23. The number of carbonyl (C=O) groups is 1. The number of hydrogen-bond acceptors (Lipinski definition) is 3. The highest BCUT2D eigenvalue weighted by atomic mass is 16.2. The van der Waals surface area contributed by atoms with Crippen LogP contribution in [0.3, 0.4) is 0 Å². The maximum absolute atomic E-state index is 12.3. The molecule has 0 radical (unpaired) electrons. The molecule has 0 bridgehead atoms. The second-order valence-corrected chi connectivity index (χ2v) is 6.96. The van der Waals surface area contributed by atoms with Crippen molar-refractivity contribution in [2.45, 2.75) is 19.0 Å². The number of carbonyl (C=O) groups excluding carboxylic acids is 1. The monoisotopic (exact) mass is 354 g/mol. The number of amides is 1. The van der Waals surface area contributed by atoms with Crippen LogP contribution in [-0.4, -0.2) is 59.1 Å². The maximum Gasteiger partial charge on any atom is 0.223 e. The van der Waals surface area contributed by atoms with Crippen LogP contribution in [-0.2, 0) is 11.3 Å². The van der Waals surface area contributed by atoms with Crippen molar-refractivity contribution in [3.05, 3.63) is 53.9 Å². The molecule has 7 heteroatoms. The number of benzene rings is 1. The van der Waals surface area contributed by atoms with E-state index in [1.807, 2.05) is 56.4 Å². The van der Waals surface area contributed by atoms with Crippen LogP contribution in [0.4, 0.5) is 0 Å². The molecule has 0 saturated carbocycles. The van der Waals surface area contributed by atoms with Crippen LogP contribution in [0.5, 0.6) is 0 Å². The van der Waals surface area contributed by atoms with Gasteiger partial charge in [0.1, 0.15) is 0 Å². The highest BCUT2D eigenvalue weighted by Crippen LogP contribution is 2.37. The third kappa shape index (κ3) is 3.87. The van der Waals surface area contributed by atoms with Crippen LogP contribution < -0.4 is 5.73 Å². The molecule has 0 aliphatic carbocycles. The molecule has 2 N–H and O–H groups in total. The smallest absolute Gasteiger partial charge is 0.223 e. The Morgan fingerprint density at radius 2 is 2.08 bits per heavy atom. The van der Waals surface area contributed by atoms with Gasteiger partial charge in [0.25, 0.3) is 0 Å². The number of nitrogens with zero attached hydrogens (tertiary/aromatic N) is 5. The molecule has 0 unspecified atom stereocenters. The number of likely N-dealkylation sites (tertiary alicyclic amines) is 1. The zero-order valence-electron chi connectivity index (χ0n) is 15.5. The van der Waals surface area contributed by atoms with Gasteiger partial charge >= 0.3 is 0 Å². The van der Waals surface area contributed by atoms with E-state index in [1.165, 1.54) is 5.56 Å². The van der Waals surface area contributed by atoms with Gasteiger partial charge < -0.3 is 15.5 Å². The van der Waals surface area contributed by atoms with E-state index < -0.39 is 0 Å². The molecule has 1 aromatic carbocycles. The summed E-state index contributed by atoms with van der Waals surface area (Å²) in [7, 11) is 5.56. The average Bonchev–Trinajstić information content (AvgIpc) is 3.18. The molecule has 1 fully saturated rings. The van der Waals surface area contributed by atoms with Crippen molar-refractivity contribution in [2.24, 2.45) is 16.6 Å². The zero-order valence-corrected chi connectivity index (χ0v) is 15.5. The Bertz CT molecular complexity index is 782. The predicted octanol–water partition coefficient (Wildman–Crippen LogP) is 1.33. The largest absolute Gasteiger partial charge is 0.370 e. The maximum atomic E-state index is 12.3. The topological polar surface area (TPSA) is 79.8 Å². The fourth-order valence-corrected chi connectivity index (χ4v) is 3.35. The van der Waals surface area contributed by atoms with Crippen LogP contribution in [0.1, 0.15) is 23.6 Å². The lowest BCUT2D eigenvalue weighted by atomic mass is 9.96. The second kappa shape index (κ2) is 7.59. The minimum absolute atomic E-state index is 0.0225. The van der Waals surface area contributed by atoms with Gasteiger partial charge in [-0.1, -0.05) is 30.3 Å². The number of aliphatic imine (C=N–C) groups is 1. The van der Waals surface area contributed by atoms with Crippen LogP contribution >= 0.6 is 0 Å². The van der Waals surface area contributed by atoms with E-state index in [0.29, 0.717) is 25.5 Å². The molecular formula is C19H26N6O. The van der Waals surface area contributed by atoms with Gasteiger partial charge in [0, 0.05) is 51.8 Å². The van der Waals surface area contributed by atoms with Crippen molar-refractivity contribution in [3.8, 4) is 0 Å². The van der Waals surface area contributed by atoms with E-state index in [9.17, 15) is 4.79 Å². The Balaban J connectivity index is 1.77. The number of guanidine groups is 1. The lowest BCUT2D eigenvalue weighted by molar-refractivity contribution is -0.127. The Kier molecular flexibility index (Phi) is 5.25. The molecule has 1 amide bonds. The Morgan fingerprint density at radius 1 is 1.35 bits per heavy atom. The van der Waals surface area contributed by atoms with E-state index in [4.69, 9.17) is 5.73 Å². The minimum atomic E-state index is -0.0225. The van der Waals surface area contributed by atoms with Gasteiger partial charge in [0.2, 0.25) is 5.91 Å². The molecule has 2 aromatic rings. The second-order valence-electron chi connectivity index (χ2n) is 6.96. The van der Waals surface area contributed by atoms with Gasteiger partial charge in [-0.25, -0.2) is 0 Å². The van der Waals surface area contributed by atoms with Crippen LogP contribution in [0.15, 0.2) is 47.7 Å². The molecule has 1 aliphatic heterocycles. The predicted molar refractivity (Wildman–Crippen MR) is 102 cm³/mol. The molecule has 1 aromatic heterocycles. The molecule has 7 nitrogen and oxygen atoms in total. The molecule has 138 valence electrons. The Labute approximate surface area is 154 Å². The fraction of sp³-hybridized carbons (Fsp3) is 0.421. The van der Waals surface area contributed by atoms with Crippen molar-refractivity contribution in [2.75, 3.05) is 27.7 Å². The third-order valence-electron chi connectivity index (χ3n) is 4.82. The summed E-state index contributed by atoms with van der Waals surface area (Å²) in [6, 6.07) is 10.2. The molecule has 1 aliphatic rings. The number of aromatic nitrogens is 2. The van der Waals surface area contributed by atoms with E-state index >= 15 is 0 Å². The average molecular weight is 354 g/mol. The summed E-state index contributed by atoms with van der Waals surface area (Å²) in [6.07, 6.45) is 4.36. The first-order valence-corrected chi connectivity index (χ1v) is 8.75.